The molecular formula is C24H33N3O4. The maximum Gasteiger partial charge on any atom is 0.322 e. The first kappa shape index (κ1) is 22.9. The Labute approximate surface area is 184 Å². The lowest BCUT2D eigenvalue weighted by Gasteiger charge is -2.31. The zero-order valence-corrected chi connectivity index (χ0v) is 18.7. The number of nitrogens with zero attached hydrogens (tertiary/aromatic N) is 2. The Morgan fingerprint density at radius 1 is 1.23 bits per heavy atom. The van der Waals surface area contributed by atoms with Crippen molar-refractivity contribution in [3.63, 3.8) is 0 Å². The molecule has 1 atom stereocenters. The minimum Gasteiger partial charge on any atom is -0.467 e. The maximum absolute atomic E-state index is 13.2. The number of hydrogen-bond donors (Lipinski definition) is 1. The zero-order valence-electron chi connectivity index (χ0n) is 18.7. The predicted octanol–water partition coefficient (Wildman–Crippen LogP) is 4.29. The van der Waals surface area contributed by atoms with Gasteiger partial charge < -0.3 is 24.3 Å². The third-order valence-corrected chi connectivity index (χ3v) is 5.50. The van der Waals surface area contributed by atoms with Crippen LogP contribution in [0.5, 0.6) is 0 Å². The molecule has 1 saturated heterocycles. The molecule has 1 aromatic heterocycles. The number of hydrogen-bond acceptors (Lipinski definition) is 4. The molecule has 1 aliphatic rings. The molecule has 0 spiro atoms. The lowest BCUT2D eigenvalue weighted by Crippen LogP contribution is -2.48. The van der Waals surface area contributed by atoms with E-state index in [4.69, 9.17) is 9.15 Å². The number of carbonyl (C=O) groups excluding carboxylic acids is 2. The number of benzene rings is 1. The van der Waals surface area contributed by atoms with Crippen molar-refractivity contribution in [1.82, 2.24) is 9.80 Å². The summed E-state index contributed by atoms with van der Waals surface area (Å²) in [4.78, 5) is 29.5. The van der Waals surface area contributed by atoms with Crippen LogP contribution in [-0.2, 0) is 22.5 Å². The molecule has 7 nitrogen and oxygen atoms in total. The summed E-state index contributed by atoms with van der Waals surface area (Å²) in [6.07, 6.45) is 4.45. The van der Waals surface area contributed by atoms with E-state index in [0.29, 0.717) is 18.8 Å². The quantitative estimate of drug-likeness (QED) is 0.648. The largest absolute Gasteiger partial charge is 0.467 e. The number of urea groups is 1. The Morgan fingerprint density at radius 3 is 2.71 bits per heavy atom. The molecular weight excluding hydrogens is 394 g/mol. The summed E-state index contributed by atoms with van der Waals surface area (Å²) in [6.45, 7) is 7.46. The Kier molecular flexibility index (Phi) is 8.12. The van der Waals surface area contributed by atoms with Crippen LogP contribution in [0.25, 0.3) is 0 Å². The van der Waals surface area contributed by atoms with E-state index in [1.54, 1.807) is 16.1 Å². The van der Waals surface area contributed by atoms with E-state index in [1.807, 2.05) is 50.2 Å². The van der Waals surface area contributed by atoms with Gasteiger partial charge in [0.2, 0.25) is 5.91 Å². The summed E-state index contributed by atoms with van der Waals surface area (Å²) < 4.78 is 11.2. The average molecular weight is 428 g/mol. The highest BCUT2D eigenvalue weighted by Crippen LogP contribution is 2.17. The number of aryl methyl sites for hydroxylation is 1. The second-order valence-electron chi connectivity index (χ2n) is 8.19. The van der Waals surface area contributed by atoms with Gasteiger partial charge in [0, 0.05) is 24.9 Å². The number of amides is 3. The second-order valence-corrected chi connectivity index (χ2v) is 8.19. The van der Waals surface area contributed by atoms with E-state index in [9.17, 15) is 9.59 Å². The third-order valence-electron chi connectivity index (χ3n) is 5.50. The van der Waals surface area contributed by atoms with Crippen LogP contribution in [0.2, 0.25) is 0 Å². The molecule has 0 bridgehead atoms. The molecule has 1 N–H and O–H groups in total. The molecule has 3 amide bonds. The fraction of sp³-hybridized carbons (Fsp3) is 0.500. The van der Waals surface area contributed by atoms with E-state index in [-0.39, 0.29) is 30.6 Å². The molecule has 1 aliphatic heterocycles. The van der Waals surface area contributed by atoms with Gasteiger partial charge in [-0.05, 0) is 62.9 Å². The number of anilines is 1. The van der Waals surface area contributed by atoms with Gasteiger partial charge in [0.1, 0.15) is 12.3 Å². The molecule has 0 radical (unpaired) electrons. The van der Waals surface area contributed by atoms with Crippen LogP contribution in [0.1, 0.15) is 44.9 Å². The van der Waals surface area contributed by atoms with Gasteiger partial charge in [0.05, 0.1) is 18.9 Å². The second kappa shape index (κ2) is 11.0. The summed E-state index contributed by atoms with van der Waals surface area (Å²) in [7, 11) is 0. The Morgan fingerprint density at radius 2 is 2.06 bits per heavy atom. The lowest BCUT2D eigenvalue weighted by atomic mass is 10.1. The van der Waals surface area contributed by atoms with Crippen LogP contribution < -0.4 is 5.32 Å². The van der Waals surface area contributed by atoms with Crippen LogP contribution in [0.4, 0.5) is 10.5 Å². The van der Waals surface area contributed by atoms with Gasteiger partial charge in [-0.2, -0.15) is 0 Å². The summed E-state index contributed by atoms with van der Waals surface area (Å²) >= 11 is 0. The number of nitrogens with one attached hydrogen (secondary N) is 1. The molecule has 2 aromatic rings. The first-order valence-corrected chi connectivity index (χ1v) is 11.0. The molecule has 1 unspecified atom stereocenters. The normalized spacial score (nSPS) is 15.8. The van der Waals surface area contributed by atoms with Crippen LogP contribution >= 0.6 is 0 Å². The fourth-order valence-electron chi connectivity index (χ4n) is 3.68. The molecule has 3 rings (SSSR count). The summed E-state index contributed by atoms with van der Waals surface area (Å²) in [5, 5.41) is 2.93. The number of rotatable bonds is 9. The Bertz CT molecular complexity index is 844. The van der Waals surface area contributed by atoms with E-state index >= 15 is 0 Å². The standard InChI is InChI=1S/C24H33N3O4/c1-4-19-8-5-9-20(14-19)25-24(29)27(18(2)3)17-23(28)26(15-21-10-6-12-30-21)16-22-11-7-13-31-22/h5-6,8-10,12,14,18,22H,4,7,11,13,15-17H2,1-3H3,(H,25,29). The maximum atomic E-state index is 13.2. The highest BCUT2D eigenvalue weighted by atomic mass is 16.5. The van der Waals surface area contributed by atoms with Gasteiger partial charge in [-0.25, -0.2) is 4.79 Å². The predicted molar refractivity (Wildman–Crippen MR) is 120 cm³/mol. The third kappa shape index (κ3) is 6.59. The van der Waals surface area contributed by atoms with Crippen LogP contribution in [0.15, 0.2) is 47.1 Å². The molecule has 31 heavy (non-hydrogen) atoms. The van der Waals surface area contributed by atoms with Crippen molar-refractivity contribution in [3.05, 3.63) is 54.0 Å². The van der Waals surface area contributed by atoms with Crippen LogP contribution in [0.3, 0.4) is 0 Å². The number of carbonyl (C=O) groups is 2. The van der Waals surface area contributed by atoms with Crippen LogP contribution in [-0.4, -0.2) is 53.6 Å². The van der Waals surface area contributed by atoms with Crippen molar-refractivity contribution in [2.24, 2.45) is 0 Å². The first-order valence-electron chi connectivity index (χ1n) is 11.0. The van der Waals surface area contributed by atoms with Crippen molar-refractivity contribution in [3.8, 4) is 0 Å². The van der Waals surface area contributed by atoms with E-state index in [1.165, 1.54) is 0 Å². The van der Waals surface area contributed by atoms with Crippen molar-refractivity contribution >= 4 is 17.6 Å². The lowest BCUT2D eigenvalue weighted by molar-refractivity contribution is -0.134. The number of furan rings is 1. The van der Waals surface area contributed by atoms with Gasteiger partial charge in [0.15, 0.2) is 0 Å². The van der Waals surface area contributed by atoms with Crippen molar-refractivity contribution in [2.75, 3.05) is 25.0 Å². The Balaban J connectivity index is 1.68. The van der Waals surface area contributed by atoms with Crippen molar-refractivity contribution < 1.29 is 18.7 Å². The van der Waals surface area contributed by atoms with Gasteiger partial charge in [-0.3, -0.25) is 4.79 Å². The first-order chi connectivity index (χ1) is 15.0. The molecule has 0 saturated carbocycles. The van der Waals surface area contributed by atoms with Gasteiger partial charge in [-0.1, -0.05) is 19.1 Å². The van der Waals surface area contributed by atoms with E-state index in [0.717, 1.165) is 37.1 Å². The molecule has 1 aromatic carbocycles. The SMILES string of the molecule is CCc1cccc(NC(=O)N(CC(=O)N(Cc2ccco2)CC2CCCO2)C(C)C)c1. The topological polar surface area (TPSA) is 75.0 Å². The number of ether oxygens (including phenoxy) is 1. The molecule has 0 aliphatic carbocycles. The molecule has 2 heterocycles. The molecule has 1 fully saturated rings. The van der Waals surface area contributed by atoms with Crippen molar-refractivity contribution in [1.29, 1.82) is 0 Å². The van der Waals surface area contributed by atoms with Crippen LogP contribution in [0, 0.1) is 0 Å². The summed E-state index contributed by atoms with van der Waals surface area (Å²) in [6, 6.07) is 11.0. The minimum atomic E-state index is -0.285. The smallest absolute Gasteiger partial charge is 0.322 e. The summed E-state index contributed by atoms with van der Waals surface area (Å²) in [5.41, 5.74) is 1.88. The molecule has 168 valence electrons. The van der Waals surface area contributed by atoms with E-state index < -0.39 is 0 Å². The average Bonchev–Trinajstić information content (AvgIpc) is 3.45. The zero-order chi connectivity index (χ0) is 22.2. The molecule has 7 heteroatoms. The fourth-order valence-corrected chi connectivity index (χ4v) is 3.68. The highest BCUT2D eigenvalue weighted by molar-refractivity contribution is 5.92. The van der Waals surface area contributed by atoms with Gasteiger partial charge in [0.25, 0.3) is 0 Å². The highest BCUT2D eigenvalue weighted by Gasteiger charge is 2.27. The monoisotopic (exact) mass is 427 g/mol. The van der Waals surface area contributed by atoms with Gasteiger partial charge >= 0.3 is 6.03 Å². The summed E-state index contributed by atoms with van der Waals surface area (Å²) in [5.74, 6) is 0.585. The van der Waals surface area contributed by atoms with Gasteiger partial charge in [-0.15, -0.1) is 0 Å². The van der Waals surface area contributed by atoms with E-state index in [2.05, 4.69) is 12.2 Å². The van der Waals surface area contributed by atoms with Crippen molar-refractivity contribution in [2.45, 2.75) is 58.7 Å². The Hall–Kier alpha value is -2.80. The minimum absolute atomic E-state index is 0.00953.